The van der Waals surface area contributed by atoms with Crippen molar-refractivity contribution in [3.8, 4) is 0 Å². The molecule has 0 radical (unpaired) electrons. The molecule has 13 nitrogen and oxygen atoms in total. The second kappa shape index (κ2) is 15.3. The van der Waals surface area contributed by atoms with Crippen LogP contribution in [0, 0.1) is 0 Å². The van der Waals surface area contributed by atoms with Gasteiger partial charge in [0.2, 0.25) is 6.29 Å². The van der Waals surface area contributed by atoms with Crippen LogP contribution in [0.5, 0.6) is 0 Å². The fourth-order valence-electron chi connectivity index (χ4n) is 3.79. The van der Waals surface area contributed by atoms with E-state index in [2.05, 4.69) is 0 Å². The summed E-state index contributed by atoms with van der Waals surface area (Å²) in [6.07, 6.45) is -11.4. The second-order valence-corrected chi connectivity index (χ2v) is 8.15. The number of carboxylic acids is 3. The van der Waals surface area contributed by atoms with Crippen LogP contribution in [0.15, 0.2) is 36.4 Å². The molecule has 5 N–H and O–H groups in total. The normalized spacial score (nSPS) is 22.4. The zero-order valence-electron chi connectivity index (χ0n) is 19.7. The molecule has 0 aromatic heterocycles. The molecule has 1 fully saturated rings. The van der Waals surface area contributed by atoms with Crippen LogP contribution in [-0.2, 0) is 71.4 Å². The second-order valence-electron chi connectivity index (χ2n) is 8.15. The molecule has 208 valence electrons. The van der Waals surface area contributed by atoms with Gasteiger partial charge in [0.15, 0.2) is 0 Å². The SMILES string of the molecule is O=C([O-])Cc1c(CC(=O)O)c[c-](CC(=O)OC2O[C@H](CO)[C@@H](O)[C@H](O)[C@H]2O)c1CC(=O)[O-].[Fe+4].c1cc[cH-]c1. The zero-order chi connectivity index (χ0) is 27.7. The number of aliphatic hydroxyl groups excluding tert-OH is 4. The summed E-state index contributed by atoms with van der Waals surface area (Å²) in [5, 5.41) is 69.8. The number of rotatable bonds is 10. The van der Waals surface area contributed by atoms with Crippen LogP contribution >= 0.6 is 0 Å². The van der Waals surface area contributed by atoms with Gasteiger partial charge in [0, 0.05) is 24.8 Å². The Bertz CT molecular complexity index is 1040. The van der Waals surface area contributed by atoms with E-state index in [1.165, 1.54) is 0 Å². The fraction of sp³-hybridized carbons (Fsp3) is 0.417. The Labute approximate surface area is 227 Å². The van der Waals surface area contributed by atoms with Gasteiger partial charge >= 0.3 is 23.0 Å². The van der Waals surface area contributed by atoms with Crippen LogP contribution in [-0.4, -0.2) is 86.7 Å². The largest absolute Gasteiger partial charge is 4.00 e. The summed E-state index contributed by atoms with van der Waals surface area (Å²) < 4.78 is 9.98. The molecule has 1 saturated heterocycles. The molecule has 2 aromatic carbocycles. The Balaban J connectivity index is 0.00000107. The maximum Gasteiger partial charge on any atom is 4.00 e. The van der Waals surface area contributed by atoms with Crippen molar-refractivity contribution in [1.29, 1.82) is 0 Å². The molecule has 0 amide bonds. The Morgan fingerprint density at radius 3 is 2.05 bits per heavy atom. The van der Waals surface area contributed by atoms with E-state index in [9.17, 15) is 44.7 Å². The first-order valence-electron chi connectivity index (χ1n) is 11.0. The van der Waals surface area contributed by atoms with Crippen molar-refractivity contribution in [2.45, 2.75) is 56.4 Å². The van der Waals surface area contributed by atoms with E-state index >= 15 is 0 Å². The number of ether oxygens (including phenoxy) is 2. The molecule has 3 rings (SSSR count). The third-order valence-corrected chi connectivity index (χ3v) is 5.46. The van der Waals surface area contributed by atoms with E-state index in [0.29, 0.717) is 0 Å². The Morgan fingerprint density at radius 2 is 1.58 bits per heavy atom. The average molecular weight is 578 g/mol. The van der Waals surface area contributed by atoms with Gasteiger partial charge in [0.05, 0.1) is 6.61 Å². The van der Waals surface area contributed by atoms with Crippen molar-refractivity contribution in [2.24, 2.45) is 0 Å². The van der Waals surface area contributed by atoms with E-state index in [1.54, 1.807) is 0 Å². The molecule has 0 aliphatic carbocycles. The van der Waals surface area contributed by atoms with E-state index in [0.717, 1.165) is 6.07 Å². The van der Waals surface area contributed by atoms with Crippen molar-refractivity contribution in [3.05, 3.63) is 58.7 Å². The van der Waals surface area contributed by atoms with Crippen LogP contribution in [0.25, 0.3) is 0 Å². The van der Waals surface area contributed by atoms with Gasteiger partial charge in [-0.05, 0) is 12.8 Å². The van der Waals surface area contributed by atoms with Crippen molar-refractivity contribution in [2.75, 3.05) is 6.61 Å². The molecule has 0 bridgehead atoms. The molecule has 1 unspecified atom stereocenters. The number of carbonyl (C=O) groups is 4. The molecule has 1 aliphatic rings. The molecule has 38 heavy (non-hydrogen) atoms. The summed E-state index contributed by atoms with van der Waals surface area (Å²) in [7, 11) is 0. The van der Waals surface area contributed by atoms with E-state index in [-0.39, 0.29) is 39.3 Å². The predicted molar refractivity (Wildman–Crippen MR) is 116 cm³/mol. The molecular weight excluding hydrogens is 552 g/mol. The summed E-state index contributed by atoms with van der Waals surface area (Å²) in [6.45, 7) is -0.761. The van der Waals surface area contributed by atoms with E-state index in [1.807, 2.05) is 30.3 Å². The number of carboxylic acid groups (broad SMARTS) is 3. The average Bonchev–Trinajstić information content (AvgIpc) is 3.48. The molecule has 14 heteroatoms. The molecular formula is C24H26FeO13. The van der Waals surface area contributed by atoms with Gasteiger partial charge in [-0.1, -0.05) is 0 Å². The first-order chi connectivity index (χ1) is 17.4. The van der Waals surface area contributed by atoms with Gasteiger partial charge in [-0.2, -0.15) is 41.0 Å². The zero-order valence-corrected chi connectivity index (χ0v) is 20.8. The van der Waals surface area contributed by atoms with Crippen molar-refractivity contribution in [1.82, 2.24) is 0 Å². The van der Waals surface area contributed by atoms with Gasteiger partial charge in [0.1, 0.15) is 24.4 Å². The van der Waals surface area contributed by atoms with Crippen molar-refractivity contribution in [3.63, 3.8) is 0 Å². The summed E-state index contributed by atoms with van der Waals surface area (Å²) in [6, 6.07) is 11.2. The van der Waals surface area contributed by atoms with Crippen LogP contribution in [0.3, 0.4) is 0 Å². The monoisotopic (exact) mass is 578 g/mol. The minimum Gasteiger partial charge on any atom is -0.551 e. The first-order valence-corrected chi connectivity index (χ1v) is 11.0. The maximum atomic E-state index is 12.4. The van der Waals surface area contributed by atoms with Gasteiger partial charge in [-0.25, -0.2) is 12.1 Å². The fourth-order valence-corrected chi connectivity index (χ4v) is 3.79. The Morgan fingerprint density at radius 1 is 0.974 bits per heavy atom. The van der Waals surface area contributed by atoms with Gasteiger partial charge in [-0.15, -0.1) is 5.56 Å². The summed E-state index contributed by atoms with van der Waals surface area (Å²) in [5.41, 5.74) is -0.353. The standard InChI is InChI=1S/C19H23O13.C5H5.Fe/c20-6-11-16(28)17(29)18(30)19(31-11)32-15(27)3-8-1-7(2-12(21)22)9(4-13(23)24)10(8)5-14(25)26;1-2-4-5-3-1;/h1,11,16-20,28-30H,2-6H2,(H,21,22)(H,23,24)(H,25,26);1-5H;/q2*-1;+4/p-2/t11-,16-,17+,18-,19?;;/m1../s1. The van der Waals surface area contributed by atoms with Crippen molar-refractivity contribution < 1.29 is 81.5 Å². The smallest absolute Gasteiger partial charge is 0.551 e. The van der Waals surface area contributed by atoms with Crippen molar-refractivity contribution >= 4 is 23.9 Å². The van der Waals surface area contributed by atoms with Crippen LogP contribution < -0.4 is 10.2 Å². The van der Waals surface area contributed by atoms with E-state index < -0.39 is 86.9 Å². The number of carbonyl (C=O) groups excluding carboxylic acids is 3. The minimum atomic E-state index is -1.87. The van der Waals surface area contributed by atoms with Gasteiger partial charge < -0.3 is 54.8 Å². The predicted octanol–water partition coefficient (Wildman–Crippen LogP) is -4.09. The summed E-state index contributed by atoms with van der Waals surface area (Å²) in [5.74, 6) is -5.65. The molecule has 2 aromatic rings. The quantitative estimate of drug-likeness (QED) is 0.103. The van der Waals surface area contributed by atoms with Crippen LogP contribution in [0.4, 0.5) is 0 Å². The van der Waals surface area contributed by atoms with Crippen LogP contribution in [0.1, 0.15) is 22.3 Å². The maximum absolute atomic E-state index is 12.4. The first kappa shape index (κ1) is 32.9. The number of aliphatic carboxylic acids is 3. The number of hydrogen-bond donors (Lipinski definition) is 5. The third kappa shape index (κ3) is 9.33. The minimum absolute atomic E-state index is 0. The molecule has 1 heterocycles. The molecule has 1 aliphatic heterocycles. The Kier molecular flexibility index (Phi) is 13.3. The number of hydrogen-bond acceptors (Lipinski definition) is 12. The Hall–Kier alpha value is -3.10. The van der Waals surface area contributed by atoms with Gasteiger partial charge in [0.25, 0.3) is 5.97 Å². The number of esters is 1. The third-order valence-electron chi connectivity index (χ3n) is 5.46. The summed E-state index contributed by atoms with van der Waals surface area (Å²) in [4.78, 5) is 45.7. The van der Waals surface area contributed by atoms with Crippen LogP contribution in [0.2, 0.25) is 0 Å². The number of aliphatic hydroxyl groups is 4. The molecule has 0 spiro atoms. The molecule has 0 saturated carbocycles. The molecule has 5 atom stereocenters. The summed E-state index contributed by atoms with van der Waals surface area (Å²) >= 11 is 0. The van der Waals surface area contributed by atoms with Gasteiger partial charge in [-0.3, -0.25) is 9.59 Å². The topological polar surface area (TPSA) is 234 Å². The van der Waals surface area contributed by atoms with E-state index in [4.69, 9.17) is 19.7 Å².